The normalized spacial score (nSPS) is 19.6. The molecule has 0 aliphatic heterocycles. The molecule has 178 valence electrons. The molecular formula is C26H28N2O6. The molecule has 2 aliphatic rings. The number of benzene rings is 2. The maximum Gasteiger partial charge on any atom is 0.407 e. The third-order valence-corrected chi connectivity index (χ3v) is 6.35. The smallest absolute Gasteiger partial charge is 0.407 e. The van der Waals surface area contributed by atoms with Crippen molar-refractivity contribution in [3.8, 4) is 11.1 Å². The molecule has 0 spiro atoms. The number of aliphatic hydroxyl groups is 1. The van der Waals surface area contributed by atoms with E-state index >= 15 is 0 Å². The van der Waals surface area contributed by atoms with E-state index in [4.69, 9.17) is 9.84 Å². The Morgan fingerprint density at radius 2 is 1.68 bits per heavy atom. The number of ether oxygens (including phenoxy) is 1. The van der Waals surface area contributed by atoms with Gasteiger partial charge in [0.25, 0.3) is 0 Å². The molecule has 4 N–H and O–H groups in total. The van der Waals surface area contributed by atoms with Gasteiger partial charge in [0.2, 0.25) is 5.91 Å². The Bertz CT molecular complexity index is 1050. The third-order valence-electron chi connectivity index (χ3n) is 6.35. The van der Waals surface area contributed by atoms with E-state index < -0.39 is 18.2 Å². The molecule has 2 aliphatic carbocycles. The van der Waals surface area contributed by atoms with Crippen molar-refractivity contribution in [3.05, 3.63) is 71.8 Å². The van der Waals surface area contributed by atoms with Gasteiger partial charge in [-0.1, -0.05) is 60.7 Å². The van der Waals surface area contributed by atoms with Crippen molar-refractivity contribution in [1.29, 1.82) is 0 Å². The highest BCUT2D eigenvalue weighted by molar-refractivity contribution is 5.80. The molecule has 0 saturated heterocycles. The molecule has 0 heterocycles. The van der Waals surface area contributed by atoms with E-state index in [1.807, 2.05) is 36.4 Å². The van der Waals surface area contributed by atoms with Gasteiger partial charge in [-0.2, -0.15) is 0 Å². The van der Waals surface area contributed by atoms with E-state index in [0.717, 1.165) is 22.3 Å². The van der Waals surface area contributed by atoms with Crippen LogP contribution < -0.4 is 10.6 Å². The van der Waals surface area contributed by atoms with E-state index in [2.05, 4.69) is 34.9 Å². The van der Waals surface area contributed by atoms with E-state index in [1.165, 1.54) is 0 Å². The van der Waals surface area contributed by atoms with Crippen LogP contribution in [0.2, 0.25) is 0 Å². The number of carboxylic acids is 1. The standard InChI is InChI=1S/C26H28N2O6/c29-23(25(31)32)12-13-27-24(30)16-6-5-7-17(14-16)28-26(33)34-15-22-20-10-3-1-8-18(20)19-9-2-4-11-21(19)22/h1-5,7-11,16-17,22-23,29H,6,12-15H2,(H,27,30)(H,28,33)(H,31,32). The zero-order valence-electron chi connectivity index (χ0n) is 18.6. The number of hydrogen-bond donors (Lipinski definition) is 4. The molecule has 8 nitrogen and oxygen atoms in total. The second-order valence-corrected chi connectivity index (χ2v) is 8.61. The summed E-state index contributed by atoms with van der Waals surface area (Å²) in [5, 5.41) is 23.5. The molecule has 3 unspecified atom stereocenters. The minimum absolute atomic E-state index is 0.0280. The van der Waals surface area contributed by atoms with Gasteiger partial charge in [0, 0.05) is 24.8 Å². The molecule has 2 aromatic carbocycles. The molecule has 2 aromatic rings. The Hall–Kier alpha value is -3.65. The molecule has 0 saturated carbocycles. The van der Waals surface area contributed by atoms with E-state index in [1.54, 1.807) is 0 Å². The van der Waals surface area contributed by atoms with Crippen LogP contribution in [-0.2, 0) is 14.3 Å². The zero-order chi connectivity index (χ0) is 24.1. The summed E-state index contributed by atoms with van der Waals surface area (Å²) in [7, 11) is 0. The Labute approximate surface area is 197 Å². The van der Waals surface area contributed by atoms with Crippen molar-refractivity contribution < 1.29 is 29.3 Å². The number of fused-ring (bicyclic) bond motifs is 3. The van der Waals surface area contributed by atoms with Gasteiger partial charge in [-0.25, -0.2) is 9.59 Å². The zero-order valence-corrected chi connectivity index (χ0v) is 18.6. The van der Waals surface area contributed by atoms with Crippen LogP contribution in [0.3, 0.4) is 0 Å². The number of hydrogen-bond acceptors (Lipinski definition) is 5. The van der Waals surface area contributed by atoms with Crippen LogP contribution in [0.1, 0.15) is 36.3 Å². The first-order valence-corrected chi connectivity index (χ1v) is 11.4. The minimum Gasteiger partial charge on any atom is -0.479 e. The lowest BCUT2D eigenvalue weighted by Crippen LogP contribution is -2.41. The predicted molar refractivity (Wildman–Crippen MR) is 125 cm³/mol. The second kappa shape index (κ2) is 10.5. The molecule has 8 heteroatoms. The van der Waals surface area contributed by atoms with Gasteiger partial charge in [-0.15, -0.1) is 0 Å². The average molecular weight is 465 g/mol. The van der Waals surface area contributed by atoms with E-state index in [9.17, 15) is 19.5 Å². The molecule has 0 radical (unpaired) electrons. The fraction of sp³-hybridized carbons (Fsp3) is 0.346. The van der Waals surface area contributed by atoms with Crippen molar-refractivity contribution in [2.24, 2.45) is 5.92 Å². The number of carbonyl (C=O) groups is 3. The van der Waals surface area contributed by atoms with Crippen molar-refractivity contribution in [2.45, 2.75) is 37.3 Å². The number of allylic oxidation sites excluding steroid dienone is 1. The highest BCUT2D eigenvalue weighted by Gasteiger charge is 2.30. The first-order chi connectivity index (χ1) is 16.4. The van der Waals surface area contributed by atoms with Gasteiger partial charge < -0.3 is 25.6 Å². The van der Waals surface area contributed by atoms with Crippen LogP contribution in [0, 0.1) is 5.92 Å². The predicted octanol–water partition coefficient (Wildman–Crippen LogP) is 2.81. The van der Waals surface area contributed by atoms with Crippen molar-refractivity contribution in [1.82, 2.24) is 10.6 Å². The van der Waals surface area contributed by atoms with Gasteiger partial charge in [0.05, 0.1) is 6.04 Å². The van der Waals surface area contributed by atoms with Gasteiger partial charge in [0.15, 0.2) is 6.10 Å². The molecular weight excluding hydrogens is 436 g/mol. The van der Waals surface area contributed by atoms with Crippen molar-refractivity contribution in [3.63, 3.8) is 0 Å². The summed E-state index contributed by atoms with van der Waals surface area (Å²) in [6, 6.07) is 15.9. The summed E-state index contributed by atoms with van der Waals surface area (Å²) >= 11 is 0. The van der Waals surface area contributed by atoms with Crippen molar-refractivity contribution in [2.75, 3.05) is 13.2 Å². The van der Waals surface area contributed by atoms with Crippen molar-refractivity contribution >= 4 is 18.0 Å². The van der Waals surface area contributed by atoms with Crippen LogP contribution >= 0.6 is 0 Å². The summed E-state index contributed by atoms with van der Waals surface area (Å²) in [6.45, 7) is 0.281. The summed E-state index contributed by atoms with van der Waals surface area (Å²) in [5.41, 5.74) is 4.59. The number of aliphatic carboxylic acids is 1. The first-order valence-electron chi connectivity index (χ1n) is 11.4. The molecule has 0 bridgehead atoms. The van der Waals surface area contributed by atoms with E-state index in [-0.39, 0.29) is 43.4 Å². The lowest BCUT2D eigenvalue weighted by molar-refractivity contribution is -0.147. The molecule has 2 amide bonds. The summed E-state index contributed by atoms with van der Waals surface area (Å²) < 4.78 is 5.58. The maximum absolute atomic E-state index is 12.5. The van der Waals surface area contributed by atoms with Gasteiger partial charge in [-0.3, -0.25) is 4.79 Å². The second-order valence-electron chi connectivity index (χ2n) is 8.61. The molecule has 3 atom stereocenters. The number of carbonyl (C=O) groups excluding carboxylic acids is 2. The Morgan fingerprint density at radius 1 is 1.03 bits per heavy atom. The number of nitrogens with one attached hydrogen (secondary N) is 2. The SMILES string of the molecule is O=C(NC1C=CCC(C(=O)NCCC(O)C(=O)O)C1)OCC1c2ccccc2-c2ccccc21. The number of carboxylic acid groups (broad SMARTS) is 1. The highest BCUT2D eigenvalue weighted by Crippen LogP contribution is 2.44. The lowest BCUT2D eigenvalue weighted by Gasteiger charge is -2.25. The fourth-order valence-corrected chi connectivity index (χ4v) is 4.60. The fourth-order valence-electron chi connectivity index (χ4n) is 4.60. The van der Waals surface area contributed by atoms with Crippen LogP contribution in [-0.4, -0.2) is 53.5 Å². The number of aliphatic hydroxyl groups excluding tert-OH is 1. The number of rotatable bonds is 8. The number of amides is 2. The largest absolute Gasteiger partial charge is 0.479 e. The molecule has 0 fully saturated rings. The molecule has 0 aromatic heterocycles. The number of alkyl carbamates (subject to hydrolysis) is 1. The third kappa shape index (κ3) is 5.28. The average Bonchev–Trinajstić information content (AvgIpc) is 3.16. The summed E-state index contributed by atoms with van der Waals surface area (Å²) in [6.07, 6.45) is 2.51. The Morgan fingerprint density at radius 3 is 2.32 bits per heavy atom. The van der Waals surface area contributed by atoms with Gasteiger partial charge >= 0.3 is 12.1 Å². The van der Waals surface area contributed by atoms with Crippen LogP contribution in [0.5, 0.6) is 0 Å². The Kier molecular flexibility index (Phi) is 7.27. The van der Waals surface area contributed by atoms with E-state index in [0.29, 0.717) is 12.8 Å². The first kappa shape index (κ1) is 23.5. The Balaban J connectivity index is 1.28. The van der Waals surface area contributed by atoms with Crippen LogP contribution in [0.4, 0.5) is 4.79 Å². The quantitative estimate of drug-likeness (QED) is 0.445. The molecule has 4 rings (SSSR count). The van der Waals surface area contributed by atoms with Crippen LogP contribution in [0.25, 0.3) is 11.1 Å². The highest BCUT2D eigenvalue weighted by atomic mass is 16.5. The van der Waals surface area contributed by atoms with Crippen LogP contribution in [0.15, 0.2) is 60.7 Å². The van der Waals surface area contributed by atoms with Gasteiger partial charge in [0.1, 0.15) is 6.61 Å². The van der Waals surface area contributed by atoms with Gasteiger partial charge in [-0.05, 0) is 35.1 Å². The summed E-state index contributed by atoms with van der Waals surface area (Å²) in [4.78, 5) is 35.6. The summed E-state index contributed by atoms with van der Waals surface area (Å²) in [5.74, 6) is -1.94. The monoisotopic (exact) mass is 464 g/mol. The topological polar surface area (TPSA) is 125 Å². The minimum atomic E-state index is -1.51. The molecule has 34 heavy (non-hydrogen) atoms. The maximum atomic E-state index is 12.5. The lowest BCUT2D eigenvalue weighted by atomic mass is 9.90.